The van der Waals surface area contributed by atoms with Gasteiger partial charge in [-0.15, -0.1) is 0 Å². The molecule has 4 nitrogen and oxygen atoms in total. The molecule has 5 heteroatoms. The average molecular weight is 444 g/mol. The van der Waals surface area contributed by atoms with Gasteiger partial charge in [-0.25, -0.2) is 9.37 Å². The molecule has 0 saturated heterocycles. The molecule has 1 heterocycles. The van der Waals surface area contributed by atoms with E-state index in [1.165, 1.54) is 12.1 Å². The van der Waals surface area contributed by atoms with Crippen LogP contribution in [0.5, 0.6) is 0 Å². The zero-order chi connectivity index (χ0) is 23.5. The Bertz CT molecular complexity index is 1260. The summed E-state index contributed by atoms with van der Waals surface area (Å²) in [6.07, 6.45) is 0.494. The largest absolute Gasteiger partial charge is 0.354 e. The molecule has 0 radical (unpaired) electrons. The molecule has 0 fully saturated rings. The fraction of sp³-hybridized carbons (Fsp3) is 0.286. The van der Waals surface area contributed by atoms with Crippen LogP contribution in [0.3, 0.4) is 0 Å². The van der Waals surface area contributed by atoms with E-state index < -0.39 is 6.04 Å². The van der Waals surface area contributed by atoms with Gasteiger partial charge in [0.1, 0.15) is 17.7 Å². The minimum atomic E-state index is -0.562. The molecule has 4 rings (SSSR count). The van der Waals surface area contributed by atoms with Crippen LogP contribution in [0.2, 0.25) is 0 Å². The highest BCUT2D eigenvalue weighted by Crippen LogP contribution is 2.30. The van der Waals surface area contributed by atoms with Gasteiger partial charge < -0.3 is 9.88 Å². The van der Waals surface area contributed by atoms with Gasteiger partial charge in [0, 0.05) is 13.0 Å². The highest BCUT2D eigenvalue weighted by molar-refractivity contribution is 5.87. The third kappa shape index (κ3) is 4.98. The van der Waals surface area contributed by atoms with Gasteiger partial charge >= 0.3 is 0 Å². The molecule has 0 unspecified atom stereocenters. The van der Waals surface area contributed by atoms with Gasteiger partial charge in [-0.2, -0.15) is 0 Å². The number of carbonyl (C=O) groups is 1. The summed E-state index contributed by atoms with van der Waals surface area (Å²) in [4.78, 5) is 18.5. The molecule has 4 aromatic rings. The first-order valence-corrected chi connectivity index (χ1v) is 11.4. The molecule has 0 spiro atoms. The van der Waals surface area contributed by atoms with E-state index >= 15 is 0 Å². The molecule has 0 aliphatic heterocycles. The van der Waals surface area contributed by atoms with Crippen LogP contribution in [0.25, 0.3) is 11.0 Å². The van der Waals surface area contributed by atoms with Crippen LogP contribution in [-0.2, 0) is 11.2 Å². The minimum absolute atomic E-state index is 0.0622. The quantitative estimate of drug-likeness (QED) is 0.396. The average Bonchev–Trinajstić information content (AvgIpc) is 3.11. The number of fused-ring (bicyclic) bond motifs is 1. The number of aryl methyl sites for hydroxylation is 2. The number of halogens is 1. The van der Waals surface area contributed by atoms with Gasteiger partial charge in [0.2, 0.25) is 5.91 Å². The molecule has 1 amide bonds. The van der Waals surface area contributed by atoms with E-state index in [0.29, 0.717) is 18.9 Å². The van der Waals surface area contributed by atoms with Crippen LogP contribution in [0.1, 0.15) is 48.0 Å². The first-order chi connectivity index (χ1) is 15.8. The fourth-order valence-corrected chi connectivity index (χ4v) is 4.05. The summed E-state index contributed by atoms with van der Waals surface area (Å²) in [5.41, 5.74) is 5.91. The van der Waals surface area contributed by atoms with Gasteiger partial charge in [-0.3, -0.25) is 4.79 Å². The number of benzene rings is 3. The van der Waals surface area contributed by atoms with Crippen molar-refractivity contribution in [3.05, 3.63) is 101 Å². The molecule has 1 N–H and O–H groups in total. The normalized spacial score (nSPS) is 12.3. The first-order valence-electron chi connectivity index (χ1n) is 11.4. The van der Waals surface area contributed by atoms with E-state index in [1.54, 1.807) is 12.1 Å². The molecule has 170 valence electrons. The Morgan fingerprint density at radius 3 is 2.33 bits per heavy atom. The highest BCUT2D eigenvalue weighted by atomic mass is 19.1. The van der Waals surface area contributed by atoms with E-state index in [-0.39, 0.29) is 11.7 Å². The number of nitrogens with zero attached hydrogens (tertiary/aromatic N) is 2. The van der Waals surface area contributed by atoms with Crippen molar-refractivity contribution in [2.75, 3.05) is 6.54 Å². The second-order valence-electron chi connectivity index (χ2n) is 9.08. The van der Waals surface area contributed by atoms with E-state index in [2.05, 4.69) is 49.7 Å². The van der Waals surface area contributed by atoms with Gasteiger partial charge in [0.25, 0.3) is 0 Å². The second-order valence-corrected chi connectivity index (χ2v) is 9.08. The van der Waals surface area contributed by atoms with Crippen molar-refractivity contribution in [2.24, 2.45) is 5.92 Å². The molecule has 0 saturated carbocycles. The van der Waals surface area contributed by atoms with Crippen molar-refractivity contribution in [3.63, 3.8) is 0 Å². The number of carbonyl (C=O) groups excluding carboxylic acids is 1. The number of aromatic nitrogens is 2. The number of nitrogens with one attached hydrogen (secondary N) is 1. The van der Waals surface area contributed by atoms with Gasteiger partial charge in [0.15, 0.2) is 0 Å². The van der Waals surface area contributed by atoms with Crippen molar-refractivity contribution in [3.8, 4) is 0 Å². The zero-order valence-corrected chi connectivity index (χ0v) is 19.6. The van der Waals surface area contributed by atoms with Gasteiger partial charge in [-0.05, 0) is 66.3 Å². The third-order valence-corrected chi connectivity index (χ3v) is 5.96. The highest BCUT2D eigenvalue weighted by Gasteiger charge is 2.27. The number of imidazole rings is 1. The fourth-order valence-electron chi connectivity index (χ4n) is 4.05. The molecule has 0 bridgehead atoms. The van der Waals surface area contributed by atoms with Gasteiger partial charge in [0.05, 0.1) is 11.0 Å². The van der Waals surface area contributed by atoms with Crippen molar-refractivity contribution in [1.82, 2.24) is 14.9 Å². The van der Waals surface area contributed by atoms with Crippen LogP contribution >= 0.6 is 0 Å². The summed E-state index contributed by atoms with van der Waals surface area (Å²) in [6.45, 7) is 8.90. The van der Waals surface area contributed by atoms with Crippen molar-refractivity contribution >= 4 is 16.9 Å². The summed E-state index contributed by atoms with van der Waals surface area (Å²) in [5, 5.41) is 3.12. The Morgan fingerprint density at radius 1 is 1.00 bits per heavy atom. The van der Waals surface area contributed by atoms with E-state index in [9.17, 15) is 9.18 Å². The lowest BCUT2D eigenvalue weighted by Gasteiger charge is -2.23. The SMILES string of the molecule is Cc1cc2nc(Cc3ccc(F)cc3)n([C@@H](C(=O)NCC(C)C)c3ccccc3)c2cc1C. The summed E-state index contributed by atoms with van der Waals surface area (Å²) in [5.74, 6) is 0.783. The Morgan fingerprint density at radius 2 is 1.67 bits per heavy atom. The zero-order valence-electron chi connectivity index (χ0n) is 19.6. The third-order valence-electron chi connectivity index (χ3n) is 5.96. The Balaban J connectivity index is 1.90. The van der Waals surface area contributed by atoms with Crippen molar-refractivity contribution in [1.29, 1.82) is 0 Å². The minimum Gasteiger partial charge on any atom is -0.354 e. The monoisotopic (exact) mass is 443 g/mol. The molecule has 0 aliphatic rings. The molecule has 1 aromatic heterocycles. The number of amides is 1. The molecule has 1 atom stereocenters. The predicted octanol–water partition coefficient (Wildman–Crippen LogP) is 5.74. The lowest BCUT2D eigenvalue weighted by molar-refractivity contribution is -0.123. The maximum Gasteiger partial charge on any atom is 0.247 e. The maximum absolute atomic E-state index is 13.6. The summed E-state index contributed by atoms with van der Waals surface area (Å²) < 4.78 is 15.5. The standard InChI is InChI=1S/C28H30FN3O/c1-18(2)17-30-28(33)27(22-8-6-5-7-9-22)32-25-15-20(4)19(3)14-24(25)31-26(32)16-21-10-12-23(29)13-11-21/h5-15,18,27H,16-17H2,1-4H3,(H,30,33)/t27-/m1/s1. The smallest absolute Gasteiger partial charge is 0.247 e. The summed E-state index contributed by atoms with van der Waals surface area (Å²) in [7, 11) is 0. The number of hydrogen-bond acceptors (Lipinski definition) is 2. The summed E-state index contributed by atoms with van der Waals surface area (Å²) >= 11 is 0. The molecule has 3 aromatic carbocycles. The molecular weight excluding hydrogens is 413 g/mol. The van der Waals surface area contributed by atoms with Crippen molar-refractivity contribution < 1.29 is 9.18 Å². The van der Waals surface area contributed by atoms with Gasteiger partial charge in [-0.1, -0.05) is 56.3 Å². The number of rotatable bonds is 7. The molecule has 0 aliphatic carbocycles. The summed E-state index contributed by atoms with van der Waals surface area (Å²) in [6, 6.07) is 19.9. The van der Waals surface area contributed by atoms with Crippen LogP contribution in [0.15, 0.2) is 66.7 Å². The lowest BCUT2D eigenvalue weighted by Crippen LogP contribution is -2.36. The Labute approximate surface area is 194 Å². The lowest BCUT2D eigenvalue weighted by atomic mass is 10.0. The Hall–Kier alpha value is -3.47. The second kappa shape index (κ2) is 9.57. The predicted molar refractivity (Wildman–Crippen MR) is 131 cm³/mol. The van der Waals surface area contributed by atoms with E-state index in [0.717, 1.165) is 39.1 Å². The Kier molecular flexibility index (Phi) is 6.59. The first kappa shape index (κ1) is 22.7. The van der Waals surface area contributed by atoms with Crippen LogP contribution in [-0.4, -0.2) is 22.0 Å². The van der Waals surface area contributed by atoms with Crippen LogP contribution in [0, 0.1) is 25.6 Å². The van der Waals surface area contributed by atoms with Crippen LogP contribution in [0.4, 0.5) is 4.39 Å². The molecular formula is C28H30FN3O. The maximum atomic E-state index is 13.6. The molecule has 33 heavy (non-hydrogen) atoms. The van der Waals surface area contributed by atoms with Crippen LogP contribution < -0.4 is 5.32 Å². The van der Waals surface area contributed by atoms with E-state index in [1.807, 2.05) is 30.3 Å². The topological polar surface area (TPSA) is 46.9 Å². The van der Waals surface area contributed by atoms with Crippen molar-refractivity contribution in [2.45, 2.75) is 40.2 Å². The van der Waals surface area contributed by atoms with E-state index in [4.69, 9.17) is 4.98 Å². The number of hydrogen-bond donors (Lipinski definition) is 1.